The van der Waals surface area contributed by atoms with Gasteiger partial charge >= 0.3 is 6.18 Å². The maximum atomic E-state index is 13.6. The Morgan fingerprint density at radius 3 is 2.32 bits per heavy atom. The molecule has 1 aromatic rings. The van der Waals surface area contributed by atoms with Gasteiger partial charge in [-0.1, -0.05) is 0 Å². The van der Waals surface area contributed by atoms with Crippen LogP contribution in [0, 0.1) is 11.6 Å². The number of sulfonamides is 1. The summed E-state index contributed by atoms with van der Waals surface area (Å²) in [6, 6.07) is -0.292. The summed E-state index contributed by atoms with van der Waals surface area (Å²) in [6.45, 7) is -0.0336. The van der Waals surface area contributed by atoms with Gasteiger partial charge in [-0.15, -0.1) is 12.4 Å². The molecule has 1 atom stereocenters. The number of hydrogen-bond acceptors (Lipinski definition) is 4. The Kier molecular flexibility index (Phi) is 7.56. The highest BCUT2D eigenvalue weighted by Gasteiger charge is 2.44. The van der Waals surface area contributed by atoms with E-state index in [1.807, 2.05) is 0 Å². The molecule has 2 N–H and O–H groups in total. The van der Waals surface area contributed by atoms with E-state index in [-0.39, 0.29) is 25.5 Å². The number of piperazine rings is 1. The fraction of sp³-hybridized carbons (Fsp3) is 0.538. The second-order valence-corrected chi connectivity index (χ2v) is 7.01. The molecule has 144 valence electrons. The van der Waals surface area contributed by atoms with Crippen LogP contribution in [0.25, 0.3) is 0 Å². The highest BCUT2D eigenvalue weighted by atomic mass is 35.5. The molecule has 1 unspecified atom stereocenters. The first-order valence-electron chi connectivity index (χ1n) is 7.07. The molecule has 0 amide bonds. The zero-order chi connectivity index (χ0) is 18.0. The van der Waals surface area contributed by atoms with E-state index in [1.165, 1.54) is 0 Å². The average Bonchev–Trinajstić information content (AvgIpc) is 2.46. The van der Waals surface area contributed by atoms with Crippen LogP contribution in [0.4, 0.5) is 22.0 Å². The van der Waals surface area contributed by atoms with Crippen molar-refractivity contribution in [1.82, 2.24) is 14.9 Å². The Bertz CT molecular complexity index is 681. The summed E-state index contributed by atoms with van der Waals surface area (Å²) in [4.78, 5) is 0.213. The first-order chi connectivity index (χ1) is 11.1. The summed E-state index contributed by atoms with van der Waals surface area (Å²) < 4.78 is 91.8. The van der Waals surface area contributed by atoms with Gasteiger partial charge in [-0.2, -0.15) is 13.2 Å². The van der Waals surface area contributed by atoms with Crippen molar-refractivity contribution in [1.29, 1.82) is 0 Å². The van der Waals surface area contributed by atoms with Crippen molar-refractivity contribution in [2.24, 2.45) is 0 Å². The lowest BCUT2D eigenvalue weighted by molar-refractivity contribution is -0.182. The quantitative estimate of drug-likeness (QED) is 0.724. The van der Waals surface area contributed by atoms with E-state index in [1.54, 1.807) is 4.72 Å². The lowest BCUT2D eigenvalue weighted by Gasteiger charge is -2.35. The third-order valence-corrected chi connectivity index (χ3v) is 5.08. The van der Waals surface area contributed by atoms with Crippen molar-refractivity contribution in [3.63, 3.8) is 0 Å². The van der Waals surface area contributed by atoms with E-state index >= 15 is 0 Å². The van der Waals surface area contributed by atoms with Crippen molar-refractivity contribution < 1.29 is 30.4 Å². The highest BCUT2D eigenvalue weighted by Crippen LogP contribution is 2.25. The summed E-state index contributed by atoms with van der Waals surface area (Å²) in [6.07, 6.45) is -4.65. The molecule has 2 rings (SSSR count). The van der Waals surface area contributed by atoms with Crippen LogP contribution >= 0.6 is 12.4 Å². The van der Waals surface area contributed by atoms with E-state index in [0.717, 1.165) is 11.0 Å². The number of hydrogen-bond donors (Lipinski definition) is 2. The van der Waals surface area contributed by atoms with Crippen molar-refractivity contribution >= 4 is 22.4 Å². The minimum Gasteiger partial charge on any atom is -0.314 e. The van der Waals surface area contributed by atoms with E-state index in [0.29, 0.717) is 25.2 Å². The molecule has 1 saturated heterocycles. The van der Waals surface area contributed by atoms with E-state index in [4.69, 9.17) is 0 Å². The second kappa shape index (κ2) is 8.58. The normalized spacial score (nSPS) is 17.8. The molecule has 1 heterocycles. The summed E-state index contributed by atoms with van der Waals surface area (Å²) in [5, 5.41) is 2.90. The van der Waals surface area contributed by atoms with Crippen LogP contribution < -0.4 is 10.0 Å². The highest BCUT2D eigenvalue weighted by molar-refractivity contribution is 7.89. The zero-order valence-corrected chi connectivity index (χ0v) is 14.4. The second-order valence-electron chi connectivity index (χ2n) is 5.27. The largest absolute Gasteiger partial charge is 0.405 e. The van der Waals surface area contributed by atoms with Crippen LogP contribution in [0.15, 0.2) is 23.1 Å². The van der Waals surface area contributed by atoms with Crippen molar-refractivity contribution in [2.45, 2.75) is 17.1 Å². The third kappa shape index (κ3) is 5.74. The standard InChI is InChI=1S/C13H16F5N3O2S.ClH/c14-9-1-2-11(10(15)7-9)24(22,23)20-8-12(13(16,17)18)21-5-3-19-4-6-21;/h1-2,7,12,19-20H,3-6,8H2;1H. The molecule has 1 fully saturated rings. The predicted molar refractivity (Wildman–Crippen MR) is 83.1 cm³/mol. The van der Waals surface area contributed by atoms with E-state index < -0.39 is 45.3 Å². The molecule has 0 spiro atoms. The van der Waals surface area contributed by atoms with Gasteiger partial charge in [-0.3, -0.25) is 4.90 Å². The average molecular weight is 410 g/mol. The van der Waals surface area contributed by atoms with E-state index in [9.17, 15) is 30.4 Å². The maximum absolute atomic E-state index is 13.6. The van der Waals surface area contributed by atoms with Gasteiger partial charge in [-0.05, 0) is 12.1 Å². The number of nitrogens with one attached hydrogen (secondary N) is 2. The van der Waals surface area contributed by atoms with Crippen LogP contribution in [0.1, 0.15) is 0 Å². The Morgan fingerprint density at radius 1 is 1.20 bits per heavy atom. The molecule has 0 aliphatic carbocycles. The molecule has 1 aliphatic rings. The van der Waals surface area contributed by atoms with Gasteiger partial charge in [0.2, 0.25) is 10.0 Å². The molecule has 25 heavy (non-hydrogen) atoms. The summed E-state index contributed by atoms with van der Waals surface area (Å²) in [5.74, 6) is -2.35. The van der Waals surface area contributed by atoms with Crippen molar-refractivity contribution in [3.05, 3.63) is 29.8 Å². The molecule has 0 aromatic heterocycles. The molecule has 5 nitrogen and oxygen atoms in total. The first kappa shape index (κ1) is 22.0. The fourth-order valence-electron chi connectivity index (χ4n) is 2.41. The minimum atomic E-state index is -4.65. The fourth-order valence-corrected chi connectivity index (χ4v) is 3.50. The molecule has 0 saturated carbocycles. The smallest absolute Gasteiger partial charge is 0.314 e. The lowest BCUT2D eigenvalue weighted by Crippen LogP contribution is -2.57. The first-order valence-corrected chi connectivity index (χ1v) is 8.56. The summed E-state index contributed by atoms with van der Waals surface area (Å²) >= 11 is 0. The third-order valence-electron chi connectivity index (χ3n) is 3.62. The summed E-state index contributed by atoms with van der Waals surface area (Å²) in [7, 11) is -4.54. The Hall–Kier alpha value is -1.01. The minimum absolute atomic E-state index is 0. The van der Waals surface area contributed by atoms with Crippen LogP contribution in [0.2, 0.25) is 0 Å². The van der Waals surface area contributed by atoms with Gasteiger partial charge in [0.25, 0.3) is 0 Å². The number of nitrogens with zero attached hydrogens (tertiary/aromatic N) is 1. The van der Waals surface area contributed by atoms with Crippen molar-refractivity contribution in [3.8, 4) is 0 Å². The van der Waals surface area contributed by atoms with Gasteiger partial charge in [0.1, 0.15) is 22.6 Å². The molecule has 1 aliphatic heterocycles. The van der Waals surface area contributed by atoms with Gasteiger partial charge < -0.3 is 5.32 Å². The lowest BCUT2D eigenvalue weighted by atomic mass is 10.2. The van der Waals surface area contributed by atoms with Crippen LogP contribution in [-0.4, -0.2) is 58.3 Å². The van der Waals surface area contributed by atoms with Gasteiger partial charge in [0.05, 0.1) is 0 Å². The Balaban J connectivity index is 0.00000312. The maximum Gasteiger partial charge on any atom is 0.405 e. The number of benzene rings is 1. The monoisotopic (exact) mass is 409 g/mol. The Labute approximate surface area is 148 Å². The van der Waals surface area contributed by atoms with Crippen LogP contribution in [-0.2, 0) is 10.0 Å². The SMILES string of the molecule is Cl.O=S(=O)(NCC(N1CCNCC1)C(F)(F)F)c1ccc(F)cc1F. The number of halogens is 6. The summed E-state index contributed by atoms with van der Waals surface area (Å²) in [5.41, 5.74) is 0. The molecule has 12 heteroatoms. The number of rotatable bonds is 5. The molecule has 1 aromatic carbocycles. The molecular weight excluding hydrogens is 393 g/mol. The Morgan fingerprint density at radius 2 is 1.80 bits per heavy atom. The van der Waals surface area contributed by atoms with E-state index in [2.05, 4.69) is 5.32 Å². The number of alkyl halides is 3. The van der Waals surface area contributed by atoms with Crippen molar-refractivity contribution in [2.75, 3.05) is 32.7 Å². The van der Waals surface area contributed by atoms with Gasteiger partial charge in [0.15, 0.2) is 0 Å². The van der Waals surface area contributed by atoms with Gasteiger partial charge in [0, 0.05) is 38.8 Å². The molecule has 0 radical (unpaired) electrons. The topological polar surface area (TPSA) is 61.4 Å². The molecular formula is C13H17ClF5N3O2S. The van der Waals surface area contributed by atoms with Crippen LogP contribution in [0.3, 0.4) is 0 Å². The predicted octanol–water partition coefficient (Wildman–Crippen LogP) is 1.50. The van der Waals surface area contributed by atoms with Crippen LogP contribution in [0.5, 0.6) is 0 Å². The molecule has 0 bridgehead atoms. The van der Waals surface area contributed by atoms with Gasteiger partial charge in [-0.25, -0.2) is 21.9 Å². The zero-order valence-electron chi connectivity index (χ0n) is 12.8.